The van der Waals surface area contributed by atoms with Crippen LogP contribution in [-0.4, -0.2) is 42.5 Å². The van der Waals surface area contributed by atoms with Gasteiger partial charge in [0.1, 0.15) is 6.54 Å². The van der Waals surface area contributed by atoms with Gasteiger partial charge in [-0.15, -0.1) is 0 Å². The van der Waals surface area contributed by atoms with Gasteiger partial charge >= 0.3 is 0 Å². The summed E-state index contributed by atoms with van der Waals surface area (Å²) in [6.45, 7) is 1.05. The van der Waals surface area contributed by atoms with Gasteiger partial charge in [-0.25, -0.2) is 0 Å². The van der Waals surface area contributed by atoms with Crippen molar-refractivity contribution in [2.24, 2.45) is 0 Å². The first-order valence-corrected chi connectivity index (χ1v) is 7.90. The molecule has 1 unspecified atom stereocenters. The summed E-state index contributed by atoms with van der Waals surface area (Å²) in [7, 11) is 0. The van der Waals surface area contributed by atoms with E-state index >= 15 is 0 Å². The SMILES string of the molecule is O=C1CN(C(=O)CC2CSCCN2)c2ccccc2N1. The maximum Gasteiger partial charge on any atom is 0.244 e. The number of nitrogens with zero attached hydrogens (tertiary/aromatic N) is 1. The van der Waals surface area contributed by atoms with E-state index in [0.717, 1.165) is 23.7 Å². The molecular weight excluding hydrogens is 274 g/mol. The van der Waals surface area contributed by atoms with Crippen LogP contribution in [-0.2, 0) is 9.59 Å². The first kappa shape index (κ1) is 13.5. The summed E-state index contributed by atoms with van der Waals surface area (Å²) >= 11 is 1.87. The Morgan fingerprint density at radius 1 is 1.40 bits per heavy atom. The minimum Gasteiger partial charge on any atom is -0.323 e. The molecule has 2 N–H and O–H groups in total. The number of rotatable bonds is 2. The number of carbonyl (C=O) groups is 2. The fourth-order valence-corrected chi connectivity index (χ4v) is 3.48. The number of hydrogen-bond acceptors (Lipinski definition) is 4. The van der Waals surface area contributed by atoms with E-state index in [1.54, 1.807) is 4.90 Å². The highest BCUT2D eigenvalue weighted by atomic mass is 32.2. The summed E-state index contributed by atoms with van der Waals surface area (Å²) < 4.78 is 0. The summed E-state index contributed by atoms with van der Waals surface area (Å²) in [5.74, 6) is 1.92. The number of para-hydroxylation sites is 2. The standard InChI is InChI=1S/C14H17N3O2S/c18-13-8-17(12-4-2-1-3-11(12)16-13)14(19)7-10-9-20-6-5-15-10/h1-4,10,15H,5-9H2,(H,16,18). The van der Waals surface area contributed by atoms with Crippen LogP contribution >= 0.6 is 11.8 Å². The van der Waals surface area contributed by atoms with Gasteiger partial charge in [-0.1, -0.05) is 12.1 Å². The van der Waals surface area contributed by atoms with Gasteiger partial charge in [0.2, 0.25) is 11.8 Å². The van der Waals surface area contributed by atoms with Crippen molar-refractivity contribution in [3.8, 4) is 0 Å². The molecule has 0 spiro atoms. The molecule has 0 aliphatic carbocycles. The molecule has 0 saturated carbocycles. The van der Waals surface area contributed by atoms with Crippen LogP contribution in [0.1, 0.15) is 6.42 Å². The van der Waals surface area contributed by atoms with Gasteiger partial charge in [-0.2, -0.15) is 11.8 Å². The molecule has 1 saturated heterocycles. The Morgan fingerprint density at radius 3 is 3.05 bits per heavy atom. The average Bonchev–Trinajstić information content (AvgIpc) is 2.47. The molecule has 0 radical (unpaired) electrons. The smallest absolute Gasteiger partial charge is 0.244 e. The molecule has 1 fully saturated rings. The van der Waals surface area contributed by atoms with Crippen LogP contribution < -0.4 is 15.5 Å². The number of hydrogen-bond donors (Lipinski definition) is 2. The van der Waals surface area contributed by atoms with Gasteiger partial charge in [0.15, 0.2) is 0 Å². The van der Waals surface area contributed by atoms with Crippen molar-refractivity contribution in [2.75, 3.05) is 34.8 Å². The number of fused-ring (bicyclic) bond motifs is 1. The molecule has 2 heterocycles. The molecule has 5 nitrogen and oxygen atoms in total. The Morgan fingerprint density at radius 2 is 2.25 bits per heavy atom. The van der Waals surface area contributed by atoms with Crippen molar-refractivity contribution in [2.45, 2.75) is 12.5 Å². The van der Waals surface area contributed by atoms with E-state index in [1.165, 1.54) is 0 Å². The second kappa shape index (κ2) is 5.85. The van der Waals surface area contributed by atoms with E-state index in [4.69, 9.17) is 0 Å². The van der Waals surface area contributed by atoms with Crippen LogP contribution in [0.4, 0.5) is 11.4 Å². The van der Waals surface area contributed by atoms with Crippen molar-refractivity contribution in [1.29, 1.82) is 0 Å². The fraction of sp³-hybridized carbons (Fsp3) is 0.429. The lowest BCUT2D eigenvalue weighted by Crippen LogP contribution is -2.46. The first-order chi connectivity index (χ1) is 9.74. The summed E-state index contributed by atoms with van der Waals surface area (Å²) in [6, 6.07) is 7.63. The lowest BCUT2D eigenvalue weighted by molar-refractivity contribution is -0.122. The number of thioether (sulfide) groups is 1. The van der Waals surface area contributed by atoms with Gasteiger partial charge in [0.25, 0.3) is 0 Å². The zero-order chi connectivity index (χ0) is 13.9. The van der Waals surface area contributed by atoms with Gasteiger partial charge in [-0.3, -0.25) is 9.59 Å². The molecule has 6 heteroatoms. The molecule has 0 bridgehead atoms. The normalized spacial score (nSPS) is 22.1. The van der Waals surface area contributed by atoms with Crippen LogP contribution in [0.15, 0.2) is 24.3 Å². The van der Waals surface area contributed by atoms with Crippen molar-refractivity contribution in [3.63, 3.8) is 0 Å². The highest BCUT2D eigenvalue weighted by Crippen LogP contribution is 2.29. The van der Waals surface area contributed by atoms with Gasteiger partial charge < -0.3 is 15.5 Å². The largest absolute Gasteiger partial charge is 0.323 e. The zero-order valence-electron chi connectivity index (χ0n) is 11.1. The van der Waals surface area contributed by atoms with Crippen molar-refractivity contribution < 1.29 is 9.59 Å². The number of amides is 2. The quantitative estimate of drug-likeness (QED) is 0.855. The summed E-state index contributed by atoms with van der Waals surface area (Å²) in [5.41, 5.74) is 1.50. The van der Waals surface area contributed by atoms with Gasteiger partial charge in [0, 0.05) is 30.5 Å². The average molecular weight is 291 g/mol. The number of anilines is 2. The van der Waals surface area contributed by atoms with E-state index in [2.05, 4.69) is 10.6 Å². The van der Waals surface area contributed by atoms with E-state index in [1.807, 2.05) is 36.0 Å². The van der Waals surface area contributed by atoms with Gasteiger partial charge in [-0.05, 0) is 12.1 Å². The first-order valence-electron chi connectivity index (χ1n) is 6.74. The van der Waals surface area contributed by atoms with E-state index in [9.17, 15) is 9.59 Å². The third-order valence-corrected chi connectivity index (χ3v) is 4.62. The van der Waals surface area contributed by atoms with E-state index in [-0.39, 0.29) is 24.4 Å². The van der Waals surface area contributed by atoms with Crippen LogP contribution in [0.5, 0.6) is 0 Å². The lowest BCUT2D eigenvalue weighted by atomic mass is 10.1. The second-order valence-corrected chi connectivity index (χ2v) is 6.13. The van der Waals surface area contributed by atoms with Crippen molar-refractivity contribution in [3.05, 3.63) is 24.3 Å². The van der Waals surface area contributed by atoms with E-state index < -0.39 is 0 Å². The topological polar surface area (TPSA) is 61.4 Å². The molecule has 0 aromatic heterocycles. The number of carbonyl (C=O) groups excluding carboxylic acids is 2. The summed E-state index contributed by atoms with van der Waals surface area (Å²) in [5, 5.41) is 6.15. The molecule has 2 aliphatic rings. The van der Waals surface area contributed by atoms with Crippen LogP contribution in [0.25, 0.3) is 0 Å². The Bertz CT molecular complexity index is 529. The van der Waals surface area contributed by atoms with Crippen LogP contribution in [0.3, 0.4) is 0 Å². The predicted molar refractivity (Wildman–Crippen MR) is 81.2 cm³/mol. The van der Waals surface area contributed by atoms with Gasteiger partial charge in [0.05, 0.1) is 11.4 Å². The van der Waals surface area contributed by atoms with Crippen LogP contribution in [0.2, 0.25) is 0 Å². The van der Waals surface area contributed by atoms with Crippen LogP contribution in [0, 0.1) is 0 Å². The highest BCUT2D eigenvalue weighted by molar-refractivity contribution is 7.99. The summed E-state index contributed by atoms with van der Waals surface area (Å²) in [4.78, 5) is 25.8. The van der Waals surface area contributed by atoms with Crippen molar-refractivity contribution >= 4 is 35.0 Å². The minimum atomic E-state index is -0.136. The number of nitrogens with one attached hydrogen (secondary N) is 2. The molecule has 1 atom stereocenters. The Hall–Kier alpha value is -1.53. The molecular formula is C14H17N3O2S. The van der Waals surface area contributed by atoms with Crippen molar-refractivity contribution in [1.82, 2.24) is 5.32 Å². The number of benzene rings is 1. The molecule has 2 amide bonds. The highest BCUT2D eigenvalue weighted by Gasteiger charge is 2.28. The van der Waals surface area contributed by atoms with E-state index in [0.29, 0.717) is 12.1 Å². The monoisotopic (exact) mass is 291 g/mol. The molecule has 2 aliphatic heterocycles. The fourth-order valence-electron chi connectivity index (χ4n) is 2.53. The third-order valence-electron chi connectivity index (χ3n) is 3.49. The maximum absolute atomic E-state index is 12.5. The minimum absolute atomic E-state index is 0.00676. The molecule has 3 rings (SSSR count). The molecule has 1 aromatic carbocycles. The lowest BCUT2D eigenvalue weighted by Gasteiger charge is -2.31. The molecule has 20 heavy (non-hydrogen) atoms. The summed E-state index contributed by atoms with van der Waals surface area (Å²) in [6.07, 6.45) is 0.439. The Kier molecular flexibility index (Phi) is 3.93. The Labute approximate surface area is 122 Å². The third kappa shape index (κ3) is 2.81. The molecule has 106 valence electrons. The predicted octanol–water partition coefficient (Wildman–Crippen LogP) is 1.07. The maximum atomic E-state index is 12.5. The zero-order valence-corrected chi connectivity index (χ0v) is 11.9. The Balaban J connectivity index is 1.75. The second-order valence-electron chi connectivity index (χ2n) is 4.98. The molecule has 1 aromatic rings.